The maximum Gasteiger partial charge on any atom is 0.0457 e. The topological polar surface area (TPSA) is 26.0 Å². The van der Waals surface area contributed by atoms with Gasteiger partial charge in [0.15, 0.2) is 0 Å². The highest BCUT2D eigenvalue weighted by molar-refractivity contribution is 6.31. The van der Waals surface area contributed by atoms with Gasteiger partial charge in [0.1, 0.15) is 0 Å². The van der Waals surface area contributed by atoms with Gasteiger partial charge in [0.25, 0.3) is 0 Å². The molecule has 0 heterocycles. The molecule has 0 unspecified atom stereocenters. The predicted octanol–water partition coefficient (Wildman–Crippen LogP) is 4.08. The van der Waals surface area contributed by atoms with Gasteiger partial charge in [-0.1, -0.05) is 53.1 Å². The number of halogens is 1. The Kier molecular flexibility index (Phi) is 3.51. The van der Waals surface area contributed by atoms with Crippen LogP contribution in [-0.2, 0) is 6.54 Å². The molecule has 0 saturated carbocycles. The van der Waals surface area contributed by atoms with Crippen LogP contribution in [0.5, 0.6) is 0 Å². The van der Waals surface area contributed by atoms with E-state index in [4.69, 9.17) is 17.3 Å². The molecule has 0 spiro atoms. The standard InChI is InChI=1S/C15H16ClN/c1-10-5-11(2)7-14(6-10)12-3-4-13(9-17)15(16)8-12/h3-8H,9,17H2,1-2H3. The fourth-order valence-electron chi connectivity index (χ4n) is 2.03. The monoisotopic (exact) mass is 245 g/mol. The van der Waals surface area contributed by atoms with Crippen LogP contribution < -0.4 is 5.73 Å². The van der Waals surface area contributed by atoms with Gasteiger partial charge in [0.2, 0.25) is 0 Å². The lowest BCUT2D eigenvalue weighted by molar-refractivity contribution is 1.07. The van der Waals surface area contributed by atoms with Gasteiger partial charge < -0.3 is 5.73 Å². The SMILES string of the molecule is Cc1cc(C)cc(-c2ccc(CN)c(Cl)c2)c1. The molecule has 0 fully saturated rings. The Balaban J connectivity index is 2.49. The summed E-state index contributed by atoms with van der Waals surface area (Å²) in [6.45, 7) is 4.69. The summed E-state index contributed by atoms with van der Waals surface area (Å²) < 4.78 is 0. The third-order valence-electron chi connectivity index (χ3n) is 2.83. The van der Waals surface area contributed by atoms with Gasteiger partial charge in [-0.3, -0.25) is 0 Å². The van der Waals surface area contributed by atoms with Crippen molar-refractivity contribution in [1.29, 1.82) is 0 Å². The summed E-state index contributed by atoms with van der Waals surface area (Å²) in [5.74, 6) is 0. The number of hydrogen-bond acceptors (Lipinski definition) is 1. The Morgan fingerprint density at radius 3 is 2.12 bits per heavy atom. The fraction of sp³-hybridized carbons (Fsp3) is 0.200. The molecule has 1 nitrogen and oxygen atoms in total. The Morgan fingerprint density at radius 1 is 0.941 bits per heavy atom. The van der Waals surface area contributed by atoms with Gasteiger partial charge in [-0.05, 0) is 36.6 Å². The van der Waals surface area contributed by atoms with Crippen molar-refractivity contribution < 1.29 is 0 Å². The van der Waals surface area contributed by atoms with E-state index in [-0.39, 0.29) is 0 Å². The second-order valence-electron chi connectivity index (χ2n) is 4.39. The second kappa shape index (κ2) is 4.91. The Hall–Kier alpha value is -1.31. The second-order valence-corrected chi connectivity index (χ2v) is 4.79. The summed E-state index contributed by atoms with van der Waals surface area (Å²) in [5, 5.41) is 0.740. The number of benzene rings is 2. The molecule has 0 aliphatic rings. The molecule has 0 aromatic heterocycles. The minimum atomic E-state index is 0.478. The number of aryl methyl sites for hydroxylation is 2. The van der Waals surface area contributed by atoms with E-state index in [9.17, 15) is 0 Å². The molecule has 17 heavy (non-hydrogen) atoms. The first kappa shape index (κ1) is 12.2. The molecule has 0 amide bonds. The molecule has 2 rings (SSSR count). The van der Waals surface area contributed by atoms with Crippen molar-refractivity contribution in [1.82, 2.24) is 0 Å². The van der Waals surface area contributed by atoms with Crippen molar-refractivity contribution >= 4 is 11.6 Å². The van der Waals surface area contributed by atoms with Crippen LogP contribution in [0.15, 0.2) is 36.4 Å². The molecule has 0 radical (unpaired) electrons. The van der Waals surface area contributed by atoms with Crippen LogP contribution in [-0.4, -0.2) is 0 Å². The molecule has 0 aliphatic heterocycles. The van der Waals surface area contributed by atoms with Crippen LogP contribution in [0.4, 0.5) is 0 Å². The zero-order valence-corrected chi connectivity index (χ0v) is 10.9. The largest absolute Gasteiger partial charge is 0.326 e. The van der Waals surface area contributed by atoms with Gasteiger partial charge >= 0.3 is 0 Å². The Morgan fingerprint density at radius 2 is 1.59 bits per heavy atom. The molecular formula is C15H16ClN. The quantitative estimate of drug-likeness (QED) is 0.848. The van der Waals surface area contributed by atoms with Crippen molar-refractivity contribution in [3.63, 3.8) is 0 Å². The molecule has 2 aromatic carbocycles. The van der Waals surface area contributed by atoms with E-state index < -0.39 is 0 Å². The van der Waals surface area contributed by atoms with Crippen LogP contribution in [0.2, 0.25) is 5.02 Å². The molecule has 0 bridgehead atoms. The van der Waals surface area contributed by atoms with E-state index in [1.54, 1.807) is 0 Å². The molecule has 0 saturated heterocycles. The summed E-state index contributed by atoms with van der Waals surface area (Å²) in [4.78, 5) is 0. The highest BCUT2D eigenvalue weighted by Gasteiger charge is 2.03. The number of rotatable bonds is 2. The van der Waals surface area contributed by atoms with Crippen LogP contribution in [0.3, 0.4) is 0 Å². The van der Waals surface area contributed by atoms with Gasteiger partial charge in [0, 0.05) is 11.6 Å². The maximum atomic E-state index is 6.18. The average molecular weight is 246 g/mol. The van der Waals surface area contributed by atoms with Crippen LogP contribution in [0.25, 0.3) is 11.1 Å². The van der Waals surface area contributed by atoms with E-state index in [2.05, 4.69) is 38.1 Å². The summed E-state index contributed by atoms with van der Waals surface area (Å²) in [7, 11) is 0. The summed E-state index contributed by atoms with van der Waals surface area (Å²) in [5.41, 5.74) is 11.5. The molecule has 2 N–H and O–H groups in total. The van der Waals surface area contributed by atoms with Gasteiger partial charge in [-0.25, -0.2) is 0 Å². The lowest BCUT2D eigenvalue weighted by atomic mass is 10.00. The van der Waals surface area contributed by atoms with Crippen LogP contribution in [0, 0.1) is 13.8 Å². The summed E-state index contributed by atoms with van der Waals surface area (Å²) in [6.07, 6.45) is 0. The fourth-order valence-corrected chi connectivity index (χ4v) is 2.29. The average Bonchev–Trinajstić information content (AvgIpc) is 2.27. The molecule has 2 aromatic rings. The summed E-state index contributed by atoms with van der Waals surface area (Å²) in [6, 6.07) is 12.6. The molecule has 2 heteroatoms. The van der Waals surface area contributed by atoms with Gasteiger partial charge in [-0.15, -0.1) is 0 Å². The maximum absolute atomic E-state index is 6.18. The van der Waals surface area contributed by atoms with E-state index >= 15 is 0 Å². The number of hydrogen-bond donors (Lipinski definition) is 1. The lowest BCUT2D eigenvalue weighted by Crippen LogP contribution is -1.97. The molecule has 0 aliphatic carbocycles. The van der Waals surface area contributed by atoms with E-state index in [1.165, 1.54) is 16.7 Å². The van der Waals surface area contributed by atoms with Crippen molar-refractivity contribution in [3.8, 4) is 11.1 Å². The molecule has 0 atom stereocenters. The lowest BCUT2D eigenvalue weighted by Gasteiger charge is -2.08. The van der Waals surface area contributed by atoms with Gasteiger partial charge in [-0.2, -0.15) is 0 Å². The van der Waals surface area contributed by atoms with Crippen molar-refractivity contribution in [2.24, 2.45) is 5.73 Å². The minimum absolute atomic E-state index is 0.478. The highest BCUT2D eigenvalue weighted by Crippen LogP contribution is 2.27. The van der Waals surface area contributed by atoms with Crippen molar-refractivity contribution in [2.45, 2.75) is 20.4 Å². The zero-order valence-electron chi connectivity index (χ0n) is 10.1. The van der Waals surface area contributed by atoms with Crippen LogP contribution in [0.1, 0.15) is 16.7 Å². The first-order valence-corrected chi connectivity index (χ1v) is 6.05. The third kappa shape index (κ3) is 2.68. The Bertz CT molecular complexity index is 526. The zero-order chi connectivity index (χ0) is 12.4. The van der Waals surface area contributed by atoms with Crippen molar-refractivity contribution in [3.05, 3.63) is 58.1 Å². The smallest absolute Gasteiger partial charge is 0.0457 e. The Labute approximate surface area is 107 Å². The first-order valence-electron chi connectivity index (χ1n) is 5.67. The minimum Gasteiger partial charge on any atom is -0.326 e. The van der Waals surface area contributed by atoms with E-state index in [1.807, 2.05) is 12.1 Å². The summed E-state index contributed by atoms with van der Waals surface area (Å²) >= 11 is 6.18. The first-order chi connectivity index (χ1) is 8.10. The van der Waals surface area contributed by atoms with E-state index in [0.29, 0.717) is 6.54 Å². The highest BCUT2D eigenvalue weighted by atomic mass is 35.5. The molecular weight excluding hydrogens is 230 g/mol. The molecule has 88 valence electrons. The van der Waals surface area contributed by atoms with Crippen molar-refractivity contribution in [2.75, 3.05) is 0 Å². The number of nitrogens with two attached hydrogens (primary N) is 1. The van der Waals surface area contributed by atoms with Gasteiger partial charge in [0.05, 0.1) is 0 Å². The normalized spacial score (nSPS) is 10.6. The predicted molar refractivity (Wildman–Crippen MR) is 74.3 cm³/mol. The van der Waals surface area contributed by atoms with Crippen LogP contribution >= 0.6 is 11.6 Å². The van der Waals surface area contributed by atoms with E-state index in [0.717, 1.165) is 16.1 Å². The third-order valence-corrected chi connectivity index (χ3v) is 3.18.